The van der Waals surface area contributed by atoms with E-state index in [4.69, 9.17) is 9.47 Å². The molecule has 0 amide bonds. The molecule has 0 bridgehead atoms. The van der Waals surface area contributed by atoms with Crippen molar-refractivity contribution in [3.63, 3.8) is 0 Å². The van der Waals surface area contributed by atoms with Gasteiger partial charge in [-0.3, -0.25) is 4.79 Å². The van der Waals surface area contributed by atoms with Crippen LogP contribution >= 0.6 is 0 Å². The number of hydrogen-bond donors (Lipinski definition) is 0. The van der Waals surface area contributed by atoms with Gasteiger partial charge in [0, 0.05) is 0 Å². The molecule has 0 heterocycles. The van der Waals surface area contributed by atoms with Gasteiger partial charge < -0.3 is 9.47 Å². The summed E-state index contributed by atoms with van der Waals surface area (Å²) in [5.74, 6) is 2.58. The van der Waals surface area contributed by atoms with E-state index in [2.05, 4.69) is 87.9 Å². The molecule has 0 unspecified atom stereocenters. The molecular weight excluding hydrogens is 468 g/mol. The lowest BCUT2D eigenvalue weighted by Crippen LogP contribution is -2.19. The number of carbonyl (C=O) groups is 1. The van der Waals surface area contributed by atoms with E-state index >= 15 is 0 Å². The van der Waals surface area contributed by atoms with Gasteiger partial charge in [0.25, 0.3) is 0 Å². The molecule has 0 radical (unpaired) electrons. The number of aryl methyl sites for hydroxylation is 1. The average Bonchev–Trinajstić information content (AvgIpc) is 2.79. The molecule has 3 heteroatoms. The Kier molecular flexibility index (Phi) is 22.9. The lowest BCUT2D eigenvalue weighted by atomic mass is 9.77. The number of rotatable bonds is 10. The Morgan fingerprint density at radius 1 is 1.00 bits per heavy atom. The van der Waals surface area contributed by atoms with Gasteiger partial charge in [0.1, 0.15) is 18.1 Å². The van der Waals surface area contributed by atoms with E-state index < -0.39 is 0 Å². The van der Waals surface area contributed by atoms with Gasteiger partial charge in [0.05, 0.1) is 6.61 Å². The molecule has 0 saturated carbocycles. The van der Waals surface area contributed by atoms with Crippen LogP contribution in [0, 0.1) is 18.3 Å². The Balaban J connectivity index is -0.000000505. The van der Waals surface area contributed by atoms with E-state index in [1.807, 2.05) is 52.8 Å². The fourth-order valence-corrected chi connectivity index (χ4v) is 2.99. The molecule has 0 aliphatic rings. The molecule has 3 nitrogen and oxygen atoms in total. The number of benzene rings is 1. The predicted octanol–water partition coefficient (Wildman–Crippen LogP) is 10.8. The van der Waals surface area contributed by atoms with Crippen molar-refractivity contribution < 1.29 is 14.3 Å². The van der Waals surface area contributed by atoms with Crippen LogP contribution in [0.5, 0.6) is 5.75 Å². The van der Waals surface area contributed by atoms with Crippen LogP contribution in [0.15, 0.2) is 53.8 Å². The minimum absolute atomic E-state index is 0.124. The predicted molar refractivity (Wildman–Crippen MR) is 170 cm³/mol. The first-order valence-corrected chi connectivity index (χ1v) is 14.2. The molecule has 38 heavy (non-hydrogen) atoms. The van der Waals surface area contributed by atoms with Crippen LogP contribution in [-0.4, -0.2) is 19.5 Å². The minimum Gasteiger partial charge on any atom is -0.494 e. The lowest BCUT2D eigenvalue weighted by molar-refractivity contribution is -0.109. The first-order valence-electron chi connectivity index (χ1n) is 14.2. The summed E-state index contributed by atoms with van der Waals surface area (Å²) >= 11 is 0. The maximum Gasteiger partial charge on any atom is 0.157 e. The summed E-state index contributed by atoms with van der Waals surface area (Å²) in [5.41, 5.74) is 5.35. The van der Waals surface area contributed by atoms with E-state index in [9.17, 15) is 4.79 Å². The standard InChI is InChI=1S/C15H22O2.C11H18O.C5H12.C4H10/c1-5-15(4,6-2)13-7-8-14(12(3)11-13)17-10-9-16;1-6-11(12-7-2)10(5)8-9(3)4;1-5(2,3)4;1-4(2)3/h7-9,11H,5-6,10H2,1-4H3;6,8H,3,7H2,1-2,4-5H3;1-4H3;4H,1-3H3/b;10-8-,11-6+;;. The number of allylic oxidation sites excluding steroid dienone is 4. The summed E-state index contributed by atoms with van der Waals surface area (Å²) in [4.78, 5) is 10.3. The lowest BCUT2D eigenvalue weighted by Gasteiger charge is -2.28. The fourth-order valence-electron chi connectivity index (χ4n) is 2.99. The number of aldehydes is 1. The highest BCUT2D eigenvalue weighted by Crippen LogP contribution is 2.33. The summed E-state index contributed by atoms with van der Waals surface area (Å²) < 4.78 is 10.8. The maximum atomic E-state index is 10.3. The van der Waals surface area contributed by atoms with Gasteiger partial charge >= 0.3 is 0 Å². The van der Waals surface area contributed by atoms with Gasteiger partial charge in [0.2, 0.25) is 0 Å². The molecule has 0 aliphatic carbocycles. The van der Waals surface area contributed by atoms with E-state index in [1.54, 1.807) is 0 Å². The largest absolute Gasteiger partial charge is 0.494 e. The molecule has 220 valence electrons. The highest BCUT2D eigenvalue weighted by atomic mass is 16.5. The second kappa shape index (κ2) is 21.6. The maximum absolute atomic E-state index is 10.3. The second-order valence-corrected chi connectivity index (χ2v) is 12.2. The molecule has 0 atom stereocenters. The molecule has 0 fully saturated rings. The van der Waals surface area contributed by atoms with Crippen molar-refractivity contribution in [2.45, 2.75) is 122 Å². The number of carbonyl (C=O) groups excluding carboxylic acids is 1. The third-order valence-electron chi connectivity index (χ3n) is 5.15. The first-order chi connectivity index (χ1) is 17.4. The van der Waals surface area contributed by atoms with Crippen LogP contribution < -0.4 is 4.74 Å². The van der Waals surface area contributed by atoms with Crippen molar-refractivity contribution in [2.75, 3.05) is 13.2 Å². The smallest absolute Gasteiger partial charge is 0.157 e. The molecule has 0 aliphatic heterocycles. The highest BCUT2D eigenvalue weighted by molar-refractivity contribution is 5.52. The van der Waals surface area contributed by atoms with Gasteiger partial charge in [0.15, 0.2) is 6.29 Å². The topological polar surface area (TPSA) is 35.5 Å². The Bertz CT molecular complexity index is 822. The number of hydrogen-bond acceptors (Lipinski definition) is 3. The van der Waals surface area contributed by atoms with Gasteiger partial charge in [-0.1, -0.05) is 99.6 Å². The fraction of sp³-hybridized carbons (Fsp3) is 0.629. The minimum atomic E-state index is 0.124. The average molecular weight is 531 g/mol. The Morgan fingerprint density at radius 3 is 1.79 bits per heavy atom. The first kappa shape index (κ1) is 40.2. The molecular formula is C35H62O3. The van der Waals surface area contributed by atoms with Crippen molar-refractivity contribution in [1.29, 1.82) is 0 Å². The highest BCUT2D eigenvalue weighted by Gasteiger charge is 2.22. The monoisotopic (exact) mass is 530 g/mol. The van der Waals surface area contributed by atoms with Crippen molar-refractivity contribution in [1.82, 2.24) is 0 Å². The van der Waals surface area contributed by atoms with Crippen LogP contribution in [0.3, 0.4) is 0 Å². The van der Waals surface area contributed by atoms with Gasteiger partial charge in [-0.15, -0.1) is 0 Å². The zero-order valence-electron chi connectivity index (χ0n) is 27.8. The summed E-state index contributed by atoms with van der Waals surface area (Å²) in [7, 11) is 0. The zero-order chi connectivity index (χ0) is 30.5. The zero-order valence-corrected chi connectivity index (χ0v) is 27.8. The normalized spacial score (nSPS) is 11.7. The van der Waals surface area contributed by atoms with Crippen LogP contribution in [0.2, 0.25) is 0 Å². The van der Waals surface area contributed by atoms with Crippen LogP contribution in [-0.2, 0) is 14.9 Å². The van der Waals surface area contributed by atoms with Crippen molar-refractivity contribution in [3.05, 3.63) is 65.0 Å². The Labute approximate surface area is 237 Å². The summed E-state index contributed by atoms with van der Waals surface area (Å²) in [6.45, 7) is 36.6. The van der Waals surface area contributed by atoms with E-state index in [-0.39, 0.29) is 12.0 Å². The Morgan fingerprint density at radius 2 is 1.47 bits per heavy atom. The quantitative estimate of drug-likeness (QED) is 0.171. The van der Waals surface area contributed by atoms with Crippen molar-refractivity contribution in [3.8, 4) is 5.75 Å². The van der Waals surface area contributed by atoms with Gasteiger partial charge in [-0.25, -0.2) is 0 Å². The van der Waals surface area contributed by atoms with Gasteiger partial charge in [-0.2, -0.15) is 0 Å². The number of ether oxygens (including phenoxy) is 2. The SMILES string of the molecule is C=C(C)/C=C(C)\C(=C/C)OCC.CC(C)(C)C.CC(C)C.CCC(C)(CC)c1ccc(OCC=O)c(C)c1. The van der Waals surface area contributed by atoms with Crippen LogP contribution in [0.4, 0.5) is 0 Å². The summed E-state index contributed by atoms with van der Waals surface area (Å²) in [6.07, 6.45) is 7.01. The molecule has 0 aromatic heterocycles. The molecule has 1 aromatic rings. The Hall–Kier alpha value is -2.29. The van der Waals surface area contributed by atoms with Crippen molar-refractivity contribution >= 4 is 6.29 Å². The third-order valence-corrected chi connectivity index (χ3v) is 5.15. The summed E-state index contributed by atoms with van der Waals surface area (Å²) in [6, 6.07) is 6.25. The van der Waals surface area contributed by atoms with Crippen LogP contribution in [0.25, 0.3) is 0 Å². The van der Waals surface area contributed by atoms with E-state index in [0.29, 0.717) is 12.0 Å². The van der Waals surface area contributed by atoms with E-state index in [0.717, 1.165) is 53.3 Å². The molecule has 0 saturated heterocycles. The second-order valence-electron chi connectivity index (χ2n) is 12.2. The van der Waals surface area contributed by atoms with Crippen LogP contribution in [0.1, 0.15) is 121 Å². The molecule has 1 rings (SSSR count). The van der Waals surface area contributed by atoms with Gasteiger partial charge in [-0.05, 0) is 93.1 Å². The third kappa shape index (κ3) is 22.9. The van der Waals surface area contributed by atoms with Crippen molar-refractivity contribution in [2.24, 2.45) is 11.3 Å². The molecule has 0 spiro atoms. The van der Waals surface area contributed by atoms with E-state index in [1.165, 1.54) is 5.56 Å². The molecule has 0 N–H and O–H groups in total. The molecule has 1 aromatic carbocycles. The summed E-state index contributed by atoms with van der Waals surface area (Å²) in [5, 5.41) is 0.